The zero-order valence-corrected chi connectivity index (χ0v) is 11.5. The Morgan fingerprint density at radius 3 is 2.75 bits per heavy atom. The van der Waals surface area contributed by atoms with Crippen LogP contribution in [0.15, 0.2) is 22.1 Å². The largest absolute Gasteiger partial charge is 0.364 e. The summed E-state index contributed by atoms with van der Waals surface area (Å²) in [7, 11) is 0. The van der Waals surface area contributed by atoms with Crippen LogP contribution in [-0.4, -0.2) is 9.97 Å². The quantitative estimate of drug-likeness (QED) is 0.942. The number of halogens is 1. The summed E-state index contributed by atoms with van der Waals surface area (Å²) in [5.41, 5.74) is 1.95. The van der Waals surface area contributed by atoms with Crippen molar-refractivity contribution < 1.29 is 0 Å². The first-order valence-electron chi connectivity index (χ1n) is 4.93. The van der Waals surface area contributed by atoms with Gasteiger partial charge in [-0.15, -0.1) is 11.3 Å². The second-order valence-corrected chi connectivity index (χ2v) is 6.03. The number of nitrogens with one attached hydrogen (secondary N) is 1. The van der Waals surface area contributed by atoms with E-state index in [1.165, 1.54) is 4.88 Å². The van der Waals surface area contributed by atoms with Crippen LogP contribution in [0, 0.1) is 13.8 Å². The normalized spacial score (nSPS) is 10.4. The zero-order valence-electron chi connectivity index (χ0n) is 9.12. The van der Waals surface area contributed by atoms with Crippen molar-refractivity contribution >= 4 is 33.1 Å². The molecule has 2 aromatic heterocycles. The lowest BCUT2D eigenvalue weighted by molar-refractivity contribution is 1.02. The molecule has 1 N–H and O–H groups in total. The number of anilines is 1. The molecule has 0 radical (unpaired) electrons. The molecular formula is C11H12BrN3S. The highest BCUT2D eigenvalue weighted by atomic mass is 79.9. The smallest absolute Gasteiger partial charge is 0.145 e. The van der Waals surface area contributed by atoms with Gasteiger partial charge in [-0.25, -0.2) is 4.98 Å². The summed E-state index contributed by atoms with van der Waals surface area (Å²) < 4.78 is 1.15. The highest BCUT2D eigenvalue weighted by molar-refractivity contribution is 9.11. The van der Waals surface area contributed by atoms with Gasteiger partial charge >= 0.3 is 0 Å². The molecule has 0 atom stereocenters. The molecule has 0 bridgehead atoms. The van der Waals surface area contributed by atoms with Crippen LogP contribution in [0.3, 0.4) is 0 Å². The van der Waals surface area contributed by atoms with Crippen LogP contribution in [0.25, 0.3) is 0 Å². The topological polar surface area (TPSA) is 37.8 Å². The van der Waals surface area contributed by atoms with Gasteiger partial charge in [0.15, 0.2) is 0 Å². The highest BCUT2D eigenvalue weighted by Crippen LogP contribution is 2.22. The van der Waals surface area contributed by atoms with Crippen molar-refractivity contribution in [3.63, 3.8) is 0 Å². The lowest BCUT2D eigenvalue weighted by atomic mass is 10.3. The third-order valence-electron chi connectivity index (χ3n) is 2.26. The lowest BCUT2D eigenvalue weighted by Crippen LogP contribution is -2.02. The van der Waals surface area contributed by atoms with E-state index in [1.807, 2.05) is 19.9 Å². The van der Waals surface area contributed by atoms with E-state index in [1.54, 1.807) is 17.5 Å². The summed E-state index contributed by atoms with van der Waals surface area (Å²) in [6.45, 7) is 4.71. The maximum absolute atomic E-state index is 4.41. The second-order valence-electron chi connectivity index (χ2n) is 3.49. The van der Waals surface area contributed by atoms with Crippen LogP contribution in [-0.2, 0) is 6.54 Å². The van der Waals surface area contributed by atoms with Crippen LogP contribution >= 0.6 is 27.3 Å². The van der Waals surface area contributed by atoms with E-state index in [2.05, 4.69) is 37.3 Å². The molecule has 0 aliphatic rings. The minimum absolute atomic E-state index is 0.785. The number of aryl methyl sites for hydroxylation is 2. The Bertz CT molecular complexity index is 496. The molecule has 0 aromatic carbocycles. The maximum atomic E-state index is 4.41. The molecule has 0 amide bonds. The summed E-state index contributed by atoms with van der Waals surface area (Å²) >= 11 is 5.16. The van der Waals surface area contributed by atoms with E-state index in [0.29, 0.717) is 0 Å². The van der Waals surface area contributed by atoms with E-state index in [9.17, 15) is 0 Å². The molecule has 5 heteroatoms. The predicted molar refractivity (Wildman–Crippen MR) is 70.9 cm³/mol. The molecule has 0 saturated carbocycles. The summed E-state index contributed by atoms with van der Waals surface area (Å²) in [5, 5.41) is 3.26. The number of thiophene rings is 1. The molecule has 0 spiro atoms. The van der Waals surface area contributed by atoms with Crippen LogP contribution < -0.4 is 5.32 Å². The molecule has 0 aliphatic heterocycles. The molecule has 3 nitrogen and oxygen atoms in total. The second kappa shape index (κ2) is 4.93. The number of hydrogen-bond donors (Lipinski definition) is 1. The molecule has 2 rings (SSSR count). The van der Waals surface area contributed by atoms with E-state index in [0.717, 1.165) is 27.5 Å². The van der Waals surface area contributed by atoms with E-state index >= 15 is 0 Å². The van der Waals surface area contributed by atoms with Crippen LogP contribution in [0.5, 0.6) is 0 Å². The first kappa shape index (κ1) is 11.5. The lowest BCUT2D eigenvalue weighted by Gasteiger charge is -2.05. The Balaban J connectivity index is 2.02. The first-order chi connectivity index (χ1) is 7.65. The molecule has 0 aliphatic carbocycles. The third-order valence-corrected chi connectivity index (χ3v) is 3.89. The van der Waals surface area contributed by atoms with Crippen LogP contribution in [0.1, 0.15) is 16.3 Å². The van der Waals surface area contributed by atoms with Gasteiger partial charge in [-0.3, -0.25) is 4.98 Å². The van der Waals surface area contributed by atoms with Crippen molar-refractivity contribution in [3.05, 3.63) is 38.4 Å². The van der Waals surface area contributed by atoms with Gasteiger partial charge in [0, 0.05) is 4.88 Å². The Labute approximate surface area is 107 Å². The summed E-state index contributed by atoms with van der Waals surface area (Å²) in [4.78, 5) is 9.95. The van der Waals surface area contributed by atoms with Crippen LogP contribution in [0.2, 0.25) is 0 Å². The number of aromatic nitrogens is 2. The molecule has 0 fully saturated rings. The average molecular weight is 298 g/mol. The Morgan fingerprint density at radius 1 is 1.31 bits per heavy atom. The standard InChI is InChI=1S/C11H12BrN3S/c1-7-8(2)15-11(6-13-7)14-5-9-3-4-10(12)16-9/h3-4,6H,5H2,1-2H3,(H,14,15). The van der Waals surface area contributed by atoms with Gasteiger partial charge in [-0.2, -0.15) is 0 Å². The predicted octanol–water partition coefficient (Wildman–Crippen LogP) is 3.53. The van der Waals surface area contributed by atoms with Gasteiger partial charge < -0.3 is 5.32 Å². The highest BCUT2D eigenvalue weighted by Gasteiger charge is 2.01. The van der Waals surface area contributed by atoms with Crippen LogP contribution in [0.4, 0.5) is 5.82 Å². The zero-order chi connectivity index (χ0) is 11.5. The molecule has 16 heavy (non-hydrogen) atoms. The fourth-order valence-electron chi connectivity index (χ4n) is 1.25. The van der Waals surface area contributed by atoms with Gasteiger partial charge in [0.05, 0.1) is 27.9 Å². The van der Waals surface area contributed by atoms with E-state index in [4.69, 9.17) is 0 Å². The minimum atomic E-state index is 0.785. The molecule has 0 saturated heterocycles. The average Bonchev–Trinajstić information content (AvgIpc) is 2.66. The Kier molecular flexibility index (Phi) is 3.56. The van der Waals surface area contributed by atoms with Gasteiger partial charge in [0.25, 0.3) is 0 Å². The van der Waals surface area contributed by atoms with Crippen molar-refractivity contribution in [2.75, 3.05) is 5.32 Å². The van der Waals surface area contributed by atoms with Crippen molar-refractivity contribution in [2.45, 2.75) is 20.4 Å². The molecular weight excluding hydrogens is 286 g/mol. The SMILES string of the molecule is Cc1ncc(NCc2ccc(Br)s2)nc1C. The van der Waals surface area contributed by atoms with Gasteiger partial charge in [-0.1, -0.05) is 0 Å². The van der Waals surface area contributed by atoms with Crippen molar-refractivity contribution in [2.24, 2.45) is 0 Å². The summed E-state index contributed by atoms with van der Waals surface area (Å²) in [5.74, 6) is 0.827. The van der Waals surface area contributed by atoms with E-state index in [-0.39, 0.29) is 0 Å². The van der Waals surface area contributed by atoms with Crippen molar-refractivity contribution in [1.82, 2.24) is 9.97 Å². The molecule has 0 unspecified atom stereocenters. The minimum Gasteiger partial charge on any atom is -0.364 e. The summed E-state index contributed by atoms with van der Waals surface area (Å²) in [6.07, 6.45) is 1.77. The molecule has 2 aromatic rings. The Hall–Kier alpha value is -0.940. The van der Waals surface area contributed by atoms with E-state index < -0.39 is 0 Å². The molecule has 84 valence electrons. The van der Waals surface area contributed by atoms with Crippen molar-refractivity contribution in [1.29, 1.82) is 0 Å². The first-order valence-corrected chi connectivity index (χ1v) is 6.54. The maximum Gasteiger partial charge on any atom is 0.145 e. The van der Waals surface area contributed by atoms with Gasteiger partial charge in [0.1, 0.15) is 5.82 Å². The van der Waals surface area contributed by atoms with Crippen molar-refractivity contribution in [3.8, 4) is 0 Å². The number of nitrogens with zero attached hydrogens (tertiary/aromatic N) is 2. The third kappa shape index (κ3) is 2.80. The van der Waals surface area contributed by atoms with Gasteiger partial charge in [-0.05, 0) is 41.9 Å². The molecule has 2 heterocycles. The Morgan fingerprint density at radius 2 is 2.12 bits per heavy atom. The fraction of sp³-hybridized carbons (Fsp3) is 0.273. The number of rotatable bonds is 3. The monoisotopic (exact) mass is 297 g/mol. The van der Waals surface area contributed by atoms with Gasteiger partial charge in [0.2, 0.25) is 0 Å². The summed E-state index contributed by atoms with van der Waals surface area (Å²) in [6, 6.07) is 4.14. The fourth-order valence-corrected chi connectivity index (χ4v) is 2.67. The number of hydrogen-bond acceptors (Lipinski definition) is 4.